The van der Waals surface area contributed by atoms with Crippen molar-refractivity contribution < 1.29 is 23.8 Å². The summed E-state index contributed by atoms with van der Waals surface area (Å²) >= 11 is 0. The number of piperidine rings is 1. The van der Waals surface area contributed by atoms with Crippen molar-refractivity contribution in [3.05, 3.63) is 23.8 Å². The maximum absolute atomic E-state index is 12.6. The lowest BCUT2D eigenvalue weighted by Gasteiger charge is -2.31. The van der Waals surface area contributed by atoms with Crippen LogP contribution in [-0.2, 0) is 20.7 Å². The van der Waals surface area contributed by atoms with Gasteiger partial charge in [-0.1, -0.05) is 6.07 Å². The van der Waals surface area contributed by atoms with Gasteiger partial charge in [0.25, 0.3) is 0 Å². The minimum atomic E-state index is -0.222. The first-order chi connectivity index (χ1) is 11.6. The molecule has 24 heavy (non-hydrogen) atoms. The molecule has 132 valence electrons. The van der Waals surface area contributed by atoms with Crippen LogP contribution in [0.25, 0.3) is 0 Å². The molecule has 0 spiro atoms. The van der Waals surface area contributed by atoms with Crippen LogP contribution in [0.2, 0.25) is 0 Å². The molecule has 0 aromatic heterocycles. The van der Waals surface area contributed by atoms with E-state index in [1.54, 1.807) is 32.1 Å². The molecule has 6 heteroatoms. The monoisotopic (exact) mass is 335 g/mol. The van der Waals surface area contributed by atoms with E-state index >= 15 is 0 Å². The second-order valence-corrected chi connectivity index (χ2v) is 5.79. The van der Waals surface area contributed by atoms with Crippen LogP contribution in [0.3, 0.4) is 0 Å². The first-order valence-corrected chi connectivity index (χ1v) is 8.24. The summed E-state index contributed by atoms with van der Waals surface area (Å²) in [6.07, 6.45) is 1.83. The fourth-order valence-corrected chi connectivity index (χ4v) is 2.93. The second kappa shape index (κ2) is 8.57. The number of benzene rings is 1. The lowest BCUT2D eigenvalue weighted by molar-refractivity contribution is -0.151. The summed E-state index contributed by atoms with van der Waals surface area (Å²) in [5, 5.41) is 0. The third kappa shape index (κ3) is 4.40. The van der Waals surface area contributed by atoms with Crippen molar-refractivity contribution >= 4 is 11.9 Å². The number of nitrogens with zero attached hydrogens (tertiary/aromatic N) is 1. The molecule has 1 fully saturated rings. The van der Waals surface area contributed by atoms with Gasteiger partial charge < -0.3 is 19.1 Å². The number of methoxy groups -OCH3 is 2. The summed E-state index contributed by atoms with van der Waals surface area (Å²) in [7, 11) is 3.16. The number of carbonyl (C=O) groups is 2. The molecule has 6 nitrogen and oxygen atoms in total. The number of esters is 1. The van der Waals surface area contributed by atoms with E-state index in [9.17, 15) is 9.59 Å². The first-order valence-electron chi connectivity index (χ1n) is 8.24. The lowest BCUT2D eigenvalue weighted by atomic mass is 9.97. The van der Waals surface area contributed by atoms with Gasteiger partial charge in [-0.3, -0.25) is 9.59 Å². The standard InChI is InChI=1S/C18H25NO5/c1-4-24-18(21)14-6-5-9-19(12-14)17(20)10-13-7-8-15(22-2)11-16(13)23-3/h7-8,11,14H,4-6,9-10,12H2,1-3H3/t14-/m0/s1. The van der Waals surface area contributed by atoms with E-state index in [0.29, 0.717) is 31.2 Å². The molecular formula is C18H25NO5. The van der Waals surface area contributed by atoms with E-state index in [2.05, 4.69) is 0 Å². The van der Waals surface area contributed by atoms with Crippen LogP contribution in [0.5, 0.6) is 11.5 Å². The Balaban J connectivity index is 2.02. The average molecular weight is 335 g/mol. The SMILES string of the molecule is CCOC(=O)[C@H]1CCCN(C(=O)Cc2ccc(OC)cc2OC)C1. The van der Waals surface area contributed by atoms with Gasteiger partial charge in [-0.2, -0.15) is 0 Å². The predicted octanol–water partition coefficient (Wildman–Crippen LogP) is 2.05. The number of hydrogen-bond donors (Lipinski definition) is 0. The highest BCUT2D eigenvalue weighted by molar-refractivity contribution is 5.81. The Bertz CT molecular complexity index is 587. The zero-order valence-electron chi connectivity index (χ0n) is 14.5. The Morgan fingerprint density at radius 1 is 1.25 bits per heavy atom. The highest BCUT2D eigenvalue weighted by Crippen LogP contribution is 2.26. The number of likely N-dealkylation sites (tertiary alicyclic amines) is 1. The summed E-state index contributed by atoms with van der Waals surface area (Å²) in [5.41, 5.74) is 0.807. The molecule has 1 aliphatic rings. The molecule has 1 aromatic rings. The molecule has 1 saturated heterocycles. The first kappa shape index (κ1) is 18.1. The van der Waals surface area contributed by atoms with Crippen molar-refractivity contribution in [3.8, 4) is 11.5 Å². The fourth-order valence-electron chi connectivity index (χ4n) is 2.93. The fraction of sp³-hybridized carbons (Fsp3) is 0.556. The number of hydrogen-bond acceptors (Lipinski definition) is 5. The van der Waals surface area contributed by atoms with Gasteiger partial charge in [-0.05, 0) is 25.8 Å². The van der Waals surface area contributed by atoms with Gasteiger partial charge in [-0.25, -0.2) is 0 Å². The Kier molecular flexibility index (Phi) is 6.46. The largest absolute Gasteiger partial charge is 0.497 e. The molecule has 1 atom stereocenters. The Morgan fingerprint density at radius 2 is 2.04 bits per heavy atom. The molecule has 1 amide bonds. The summed E-state index contributed by atoms with van der Waals surface area (Å²) in [5.74, 6) is 0.870. The molecule has 2 rings (SSSR count). The maximum Gasteiger partial charge on any atom is 0.310 e. The highest BCUT2D eigenvalue weighted by Gasteiger charge is 2.29. The Hall–Kier alpha value is -2.24. The topological polar surface area (TPSA) is 65.1 Å². The molecule has 0 saturated carbocycles. The van der Waals surface area contributed by atoms with E-state index < -0.39 is 0 Å². The summed E-state index contributed by atoms with van der Waals surface area (Å²) in [6, 6.07) is 5.41. The third-order valence-electron chi connectivity index (χ3n) is 4.23. The van der Waals surface area contributed by atoms with Gasteiger partial charge in [-0.15, -0.1) is 0 Å². The summed E-state index contributed by atoms with van der Waals surface area (Å²) in [6.45, 7) is 3.26. The molecule has 0 bridgehead atoms. The van der Waals surface area contributed by atoms with Crippen LogP contribution in [0.4, 0.5) is 0 Å². The number of amides is 1. The van der Waals surface area contributed by atoms with E-state index in [1.807, 2.05) is 12.1 Å². The third-order valence-corrected chi connectivity index (χ3v) is 4.23. The number of rotatable bonds is 6. The van der Waals surface area contributed by atoms with E-state index in [0.717, 1.165) is 18.4 Å². The van der Waals surface area contributed by atoms with Gasteiger partial charge in [0, 0.05) is 24.7 Å². The molecule has 1 aromatic carbocycles. The minimum Gasteiger partial charge on any atom is -0.497 e. The van der Waals surface area contributed by atoms with Crippen molar-refractivity contribution in [3.63, 3.8) is 0 Å². The molecule has 0 radical (unpaired) electrons. The van der Waals surface area contributed by atoms with Crippen LogP contribution in [0, 0.1) is 5.92 Å². The molecule has 0 aliphatic carbocycles. The second-order valence-electron chi connectivity index (χ2n) is 5.79. The van der Waals surface area contributed by atoms with Gasteiger partial charge in [0.1, 0.15) is 11.5 Å². The van der Waals surface area contributed by atoms with Crippen LogP contribution in [-0.4, -0.2) is 50.7 Å². The predicted molar refractivity (Wildman–Crippen MR) is 89.2 cm³/mol. The van der Waals surface area contributed by atoms with Crippen LogP contribution < -0.4 is 9.47 Å². The highest BCUT2D eigenvalue weighted by atomic mass is 16.5. The lowest BCUT2D eigenvalue weighted by Crippen LogP contribution is -2.43. The van der Waals surface area contributed by atoms with E-state index in [-0.39, 0.29) is 24.2 Å². The quantitative estimate of drug-likeness (QED) is 0.745. The normalized spacial score (nSPS) is 17.3. The van der Waals surface area contributed by atoms with E-state index in [4.69, 9.17) is 14.2 Å². The molecule has 0 unspecified atom stereocenters. The summed E-state index contributed by atoms with van der Waals surface area (Å²) < 4.78 is 15.6. The Labute approximate surface area is 142 Å². The molecule has 0 N–H and O–H groups in total. The van der Waals surface area contributed by atoms with Crippen molar-refractivity contribution in [2.75, 3.05) is 33.9 Å². The van der Waals surface area contributed by atoms with Crippen molar-refractivity contribution in [1.82, 2.24) is 4.90 Å². The van der Waals surface area contributed by atoms with Gasteiger partial charge in [0.15, 0.2) is 0 Å². The van der Waals surface area contributed by atoms with Crippen molar-refractivity contribution in [2.24, 2.45) is 5.92 Å². The zero-order chi connectivity index (χ0) is 17.5. The molecule has 1 aliphatic heterocycles. The minimum absolute atomic E-state index is 0.00698. The molecule has 1 heterocycles. The smallest absolute Gasteiger partial charge is 0.310 e. The zero-order valence-corrected chi connectivity index (χ0v) is 14.5. The van der Waals surface area contributed by atoms with E-state index in [1.165, 1.54) is 0 Å². The van der Waals surface area contributed by atoms with Gasteiger partial charge in [0.2, 0.25) is 5.91 Å². The summed E-state index contributed by atoms with van der Waals surface area (Å²) in [4.78, 5) is 26.2. The van der Waals surface area contributed by atoms with Crippen LogP contribution in [0.15, 0.2) is 18.2 Å². The number of ether oxygens (including phenoxy) is 3. The van der Waals surface area contributed by atoms with Gasteiger partial charge in [0.05, 0.1) is 33.2 Å². The maximum atomic E-state index is 12.6. The molecular weight excluding hydrogens is 310 g/mol. The van der Waals surface area contributed by atoms with Crippen LogP contribution >= 0.6 is 0 Å². The average Bonchev–Trinajstić information content (AvgIpc) is 2.62. The van der Waals surface area contributed by atoms with Crippen LogP contribution in [0.1, 0.15) is 25.3 Å². The van der Waals surface area contributed by atoms with Gasteiger partial charge >= 0.3 is 5.97 Å². The Morgan fingerprint density at radius 3 is 2.71 bits per heavy atom. The van der Waals surface area contributed by atoms with Crippen molar-refractivity contribution in [1.29, 1.82) is 0 Å². The van der Waals surface area contributed by atoms with Crippen molar-refractivity contribution in [2.45, 2.75) is 26.2 Å². The number of carbonyl (C=O) groups excluding carboxylic acids is 2.